The highest BCUT2D eigenvalue weighted by atomic mass is 16.5. The van der Waals surface area contributed by atoms with E-state index in [0.717, 1.165) is 0 Å². The Bertz CT molecular complexity index is 175. The van der Waals surface area contributed by atoms with Crippen LogP contribution in [0.15, 0.2) is 0 Å². The van der Waals surface area contributed by atoms with Gasteiger partial charge < -0.3 is 35.4 Å². The van der Waals surface area contributed by atoms with Gasteiger partial charge in [-0.3, -0.25) is 0 Å². The quantitative estimate of drug-likeness (QED) is 0.232. The molecule has 116 valence electrons. The van der Waals surface area contributed by atoms with Crippen molar-refractivity contribution in [1.82, 2.24) is 0 Å². The fraction of sp³-hybridized carbons (Fsp3) is 1.00. The number of aliphatic hydroxyl groups excluding tert-OH is 6. The molecular formula is C12H26O7. The first-order valence-electron chi connectivity index (χ1n) is 6.41. The first-order chi connectivity index (χ1) is 9.18. The summed E-state index contributed by atoms with van der Waals surface area (Å²) in [6.07, 6.45) is 0. The molecule has 7 heteroatoms. The van der Waals surface area contributed by atoms with Gasteiger partial charge in [-0.2, -0.15) is 0 Å². The van der Waals surface area contributed by atoms with Crippen molar-refractivity contribution in [3.63, 3.8) is 0 Å². The smallest absolute Gasteiger partial charge is 0.0520 e. The van der Waals surface area contributed by atoms with Crippen LogP contribution in [-0.2, 0) is 4.74 Å². The molecule has 0 aliphatic carbocycles. The van der Waals surface area contributed by atoms with Gasteiger partial charge in [-0.15, -0.1) is 0 Å². The molecule has 0 aromatic carbocycles. The molecule has 0 saturated carbocycles. The molecule has 0 aromatic rings. The lowest BCUT2D eigenvalue weighted by Crippen LogP contribution is -2.33. The van der Waals surface area contributed by atoms with E-state index in [2.05, 4.69) is 0 Å². The number of hydrogen-bond acceptors (Lipinski definition) is 7. The molecule has 0 saturated heterocycles. The Morgan fingerprint density at radius 1 is 0.474 bits per heavy atom. The molecule has 0 aliphatic rings. The van der Waals surface area contributed by atoms with Gasteiger partial charge in [0, 0.05) is 63.3 Å². The Balaban J connectivity index is 4.15. The summed E-state index contributed by atoms with van der Waals surface area (Å²) in [6, 6.07) is 0. The highest BCUT2D eigenvalue weighted by molar-refractivity contribution is 4.70. The molecule has 7 nitrogen and oxygen atoms in total. The minimum absolute atomic E-state index is 0.127. The highest BCUT2D eigenvalue weighted by Gasteiger charge is 2.23. The van der Waals surface area contributed by atoms with Crippen LogP contribution in [0.3, 0.4) is 0 Å². The Morgan fingerprint density at radius 2 is 0.737 bits per heavy atom. The minimum Gasteiger partial charge on any atom is -0.396 e. The molecule has 2 unspecified atom stereocenters. The van der Waals surface area contributed by atoms with E-state index in [1.165, 1.54) is 0 Å². The van der Waals surface area contributed by atoms with Crippen molar-refractivity contribution >= 4 is 0 Å². The van der Waals surface area contributed by atoms with E-state index >= 15 is 0 Å². The van der Waals surface area contributed by atoms with Crippen LogP contribution in [0.4, 0.5) is 0 Å². The van der Waals surface area contributed by atoms with Crippen LogP contribution >= 0.6 is 0 Å². The molecule has 19 heavy (non-hydrogen) atoms. The zero-order valence-electron chi connectivity index (χ0n) is 11.1. The topological polar surface area (TPSA) is 131 Å². The summed E-state index contributed by atoms with van der Waals surface area (Å²) in [5, 5.41) is 54.4. The predicted octanol–water partition coefficient (Wildman–Crippen LogP) is -2.58. The van der Waals surface area contributed by atoms with E-state index in [9.17, 15) is 0 Å². The minimum atomic E-state index is -0.455. The number of rotatable bonds is 12. The molecule has 6 N–H and O–H groups in total. The van der Waals surface area contributed by atoms with E-state index in [4.69, 9.17) is 35.4 Å². The van der Waals surface area contributed by atoms with Crippen LogP contribution in [-0.4, -0.2) is 83.5 Å². The van der Waals surface area contributed by atoms with Crippen molar-refractivity contribution in [2.75, 3.05) is 52.9 Å². The maximum absolute atomic E-state index is 9.15. The van der Waals surface area contributed by atoms with Crippen LogP contribution < -0.4 is 0 Å². The van der Waals surface area contributed by atoms with Crippen LogP contribution in [0.25, 0.3) is 0 Å². The average molecular weight is 282 g/mol. The molecule has 0 aromatic heterocycles. The van der Waals surface area contributed by atoms with E-state index in [0.29, 0.717) is 0 Å². The SMILES string of the molecule is OCC(CO)C(CO)COCC(CO)C(CO)CO. The molecule has 0 fully saturated rings. The standard InChI is InChI=1S/C12H26O7/c13-1-9(2-14)11(5-17)7-19-8-12(6-18)10(3-15)4-16/h9-18H,1-8H2. The third-order valence-corrected chi connectivity index (χ3v) is 3.40. The van der Waals surface area contributed by atoms with Crippen molar-refractivity contribution < 1.29 is 35.4 Å². The third-order valence-electron chi connectivity index (χ3n) is 3.40. The molecule has 0 bridgehead atoms. The van der Waals surface area contributed by atoms with Crippen molar-refractivity contribution in [1.29, 1.82) is 0 Å². The van der Waals surface area contributed by atoms with Crippen LogP contribution in [0.5, 0.6) is 0 Å². The zero-order chi connectivity index (χ0) is 14.7. The lowest BCUT2D eigenvalue weighted by atomic mass is 9.94. The molecule has 0 spiro atoms. The Labute approximate surface area is 113 Å². The van der Waals surface area contributed by atoms with Crippen LogP contribution in [0, 0.1) is 23.7 Å². The highest BCUT2D eigenvalue weighted by Crippen LogP contribution is 2.15. The van der Waals surface area contributed by atoms with Gasteiger partial charge in [-0.25, -0.2) is 0 Å². The maximum Gasteiger partial charge on any atom is 0.0520 e. The monoisotopic (exact) mass is 282 g/mol. The summed E-state index contributed by atoms with van der Waals surface area (Å²) >= 11 is 0. The van der Waals surface area contributed by atoms with Gasteiger partial charge in [-0.1, -0.05) is 0 Å². The van der Waals surface area contributed by atoms with Gasteiger partial charge in [-0.05, 0) is 0 Å². The maximum atomic E-state index is 9.15. The predicted molar refractivity (Wildman–Crippen MR) is 67.3 cm³/mol. The summed E-state index contributed by atoms with van der Waals surface area (Å²) in [7, 11) is 0. The van der Waals surface area contributed by atoms with Crippen molar-refractivity contribution in [3.8, 4) is 0 Å². The van der Waals surface area contributed by atoms with Crippen molar-refractivity contribution in [2.24, 2.45) is 23.7 Å². The lowest BCUT2D eigenvalue weighted by Gasteiger charge is -2.25. The van der Waals surface area contributed by atoms with Crippen LogP contribution in [0.1, 0.15) is 0 Å². The van der Waals surface area contributed by atoms with Crippen molar-refractivity contribution in [3.05, 3.63) is 0 Å². The normalized spacial score (nSPS) is 15.2. The molecule has 0 heterocycles. The van der Waals surface area contributed by atoms with E-state index in [-0.39, 0.29) is 52.9 Å². The molecular weight excluding hydrogens is 256 g/mol. The second kappa shape index (κ2) is 11.5. The molecule has 0 amide bonds. The Hall–Kier alpha value is -0.280. The fourth-order valence-electron chi connectivity index (χ4n) is 1.76. The number of ether oxygens (including phenoxy) is 1. The second-order valence-electron chi connectivity index (χ2n) is 4.67. The summed E-state index contributed by atoms with van der Waals surface area (Å²) in [6.45, 7) is -1.17. The number of hydrogen-bond donors (Lipinski definition) is 6. The molecule has 0 rings (SSSR count). The van der Waals surface area contributed by atoms with E-state index < -0.39 is 23.7 Å². The Morgan fingerprint density at radius 3 is 0.947 bits per heavy atom. The summed E-state index contributed by atoms with van der Waals surface area (Å²) in [5.74, 6) is -1.69. The van der Waals surface area contributed by atoms with E-state index in [1.54, 1.807) is 0 Å². The van der Waals surface area contributed by atoms with Crippen LogP contribution in [0.2, 0.25) is 0 Å². The zero-order valence-corrected chi connectivity index (χ0v) is 11.1. The third kappa shape index (κ3) is 6.62. The summed E-state index contributed by atoms with van der Waals surface area (Å²) < 4.78 is 5.34. The van der Waals surface area contributed by atoms with Crippen molar-refractivity contribution in [2.45, 2.75) is 0 Å². The number of aliphatic hydroxyl groups is 6. The second-order valence-corrected chi connectivity index (χ2v) is 4.67. The van der Waals surface area contributed by atoms with Gasteiger partial charge in [0.25, 0.3) is 0 Å². The average Bonchev–Trinajstić information content (AvgIpc) is 2.45. The van der Waals surface area contributed by atoms with Gasteiger partial charge in [0.2, 0.25) is 0 Å². The first-order valence-corrected chi connectivity index (χ1v) is 6.41. The van der Waals surface area contributed by atoms with Gasteiger partial charge in [0.05, 0.1) is 13.2 Å². The summed E-state index contributed by atoms with van der Waals surface area (Å²) in [5.41, 5.74) is 0. The fourth-order valence-corrected chi connectivity index (χ4v) is 1.76. The largest absolute Gasteiger partial charge is 0.396 e. The molecule has 2 atom stereocenters. The van der Waals surface area contributed by atoms with Gasteiger partial charge >= 0.3 is 0 Å². The lowest BCUT2D eigenvalue weighted by molar-refractivity contribution is -0.0270. The van der Waals surface area contributed by atoms with Gasteiger partial charge in [0.15, 0.2) is 0 Å². The molecule has 0 radical (unpaired) electrons. The van der Waals surface area contributed by atoms with E-state index in [1.807, 2.05) is 0 Å². The molecule has 0 aliphatic heterocycles. The Kier molecular flexibility index (Phi) is 11.4. The first kappa shape index (κ1) is 18.7. The van der Waals surface area contributed by atoms with Gasteiger partial charge in [0.1, 0.15) is 0 Å². The summed E-state index contributed by atoms with van der Waals surface area (Å²) in [4.78, 5) is 0.